The van der Waals surface area contributed by atoms with Gasteiger partial charge in [0.15, 0.2) is 0 Å². The first kappa shape index (κ1) is 27.2. The van der Waals surface area contributed by atoms with Gasteiger partial charge in [-0.25, -0.2) is 9.78 Å². The van der Waals surface area contributed by atoms with Gasteiger partial charge in [0.05, 0.1) is 25.4 Å². The van der Waals surface area contributed by atoms with Crippen LogP contribution in [0.4, 0.5) is 19.0 Å². The Morgan fingerprint density at radius 3 is 2.43 bits per heavy atom. The molecule has 0 amide bonds. The monoisotopic (exact) mass is 583 g/mol. The molecule has 0 N–H and O–H groups in total. The van der Waals surface area contributed by atoms with Crippen LogP contribution >= 0.6 is 0 Å². The van der Waals surface area contributed by atoms with Crippen LogP contribution in [0.15, 0.2) is 41.1 Å². The van der Waals surface area contributed by atoms with Crippen molar-refractivity contribution in [2.24, 2.45) is 0 Å². The highest BCUT2D eigenvalue weighted by Crippen LogP contribution is 2.49. The predicted octanol–water partition coefficient (Wildman–Crippen LogP) is 6.89. The van der Waals surface area contributed by atoms with Gasteiger partial charge in [-0.15, -0.1) is 13.2 Å². The summed E-state index contributed by atoms with van der Waals surface area (Å²) in [4.78, 5) is 19.4. The Morgan fingerprint density at radius 1 is 1.05 bits per heavy atom. The number of rotatable bonds is 9. The van der Waals surface area contributed by atoms with Crippen molar-refractivity contribution in [2.75, 3.05) is 12.0 Å². The van der Waals surface area contributed by atoms with E-state index in [-0.39, 0.29) is 48.0 Å². The fourth-order valence-corrected chi connectivity index (χ4v) is 6.64. The summed E-state index contributed by atoms with van der Waals surface area (Å²) in [5, 5.41) is 4.20. The van der Waals surface area contributed by atoms with Crippen LogP contribution in [0, 0.1) is 0 Å². The van der Waals surface area contributed by atoms with Crippen LogP contribution in [0.2, 0.25) is 0 Å². The smallest absolute Gasteiger partial charge is 0.465 e. The van der Waals surface area contributed by atoms with E-state index in [4.69, 9.17) is 19.0 Å². The number of aromatic nitrogens is 2. The van der Waals surface area contributed by atoms with Crippen molar-refractivity contribution < 1.29 is 36.7 Å². The van der Waals surface area contributed by atoms with Crippen LogP contribution in [-0.2, 0) is 16.1 Å². The van der Waals surface area contributed by atoms with Gasteiger partial charge in [0, 0.05) is 35.3 Å². The quantitative estimate of drug-likeness (QED) is 0.252. The SMILES string of the molecule is COC(=O)c1cnc(N2C3CCC2CC(OCc2c(-c4ccccc4OC(F)(F)F)noc2C2CC2)C3)c(C2CC2)c1. The summed E-state index contributed by atoms with van der Waals surface area (Å²) in [6, 6.07) is 8.47. The number of methoxy groups -OCH3 is 1. The molecular weight excluding hydrogens is 551 g/mol. The Balaban J connectivity index is 1.10. The minimum Gasteiger partial charge on any atom is -0.465 e. The topological polar surface area (TPSA) is 86.9 Å². The van der Waals surface area contributed by atoms with Crippen molar-refractivity contribution >= 4 is 11.8 Å². The Labute approximate surface area is 241 Å². The number of hydrogen-bond acceptors (Lipinski definition) is 8. The lowest BCUT2D eigenvalue weighted by Gasteiger charge is -2.40. The van der Waals surface area contributed by atoms with Crippen molar-refractivity contribution in [3.05, 3.63) is 59.0 Å². The minimum atomic E-state index is -4.82. The number of anilines is 1. The standard InChI is InChI=1S/C31H32F3N3O5/c1-39-30(38)19-12-24(17-6-7-17)29(35-15-19)37-20-10-11-21(37)14-22(13-20)40-16-25-27(36-42-28(25)18-8-9-18)23-4-2-3-5-26(23)41-31(32,33)34/h2-5,12,15,17-18,20-22H,6-11,13-14,16H2,1H3. The van der Waals surface area contributed by atoms with Gasteiger partial charge < -0.3 is 23.6 Å². The Hall–Kier alpha value is -3.60. The molecule has 1 aromatic carbocycles. The molecule has 11 heteroatoms. The first-order chi connectivity index (χ1) is 20.3. The summed E-state index contributed by atoms with van der Waals surface area (Å²) in [5.41, 5.74) is 2.86. The summed E-state index contributed by atoms with van der Waals surface area (Å²) in [5.74, 6) is 1.59. The highest BCUT2D eigenvalue weighted by molar-refractivity contribution is 5.89. The van der Waals surface area contributed by atoms with Crippen LogP contribution < -0.4 is 9.64 Å². The number of alkyl halides is 3. The molecule has 2 aliphatic heterocycles. The van der Waals surface area contributed by atoms with E-state index in [1.54, 1.807) is 18.3 Å². The summed E-state index contributed by atoms with van der Waals surface area (Å²) < 4.78 is 60.8. The Bertz CT molecular complexity index is 1470. The lowest BCUT2D eigenvalue weighted by molar-refractivity contribution is -0.274. The third-order valence-electron chi connectivity index (χ3n) is 8.87. The summed E-state index contributed by atoms with van der Waals surface area (Å²) >= 11 is 0. The number of pyridine rings is 1. The lowest BCUT2D eigenvalue weighted by Crippen LogP contribution is -2.46. The predicted molar refractivity (Wildman–Crippen MR) is 145 cm³/mol. The molecule has 42 heavy (non-hydrogen) atoms. The highest BCUT2D eigenvalue weighted by Gasteiger charge is 2.44. The highest BCUT2D eigenvalue weighted by atomic mass is 19.4. The summed E-state index contributed by atoms with van der Waals surface area (Å²) in [6.45, 7) is 0.203. The number of carbonyl (C=O) groups is 1. The van der Waals surface area contributed by atoms with E-state index in [2.05, 4.69) is 14.8 Å². The second-order valence-corrected chi connectivity index (χ2v) is 11.8. The molecule has 0 radical (unpaired) electrons. The second kappa shape index (κ2) is 10.6. The summed E-state index contributed by atoms with van der Waals surface area (Å²) in [6.07, 6.45) is 4.56. The second-order valence-electron chi connectivity index (χ2n) is 11.8. The number of hydrogen-bond donors (Lipinski definition) is 0. The number of para-hydroxylation sites is 1. The lowest BCUT2D eigenvalue weighted by atomic mass is 9.97. The maximum absolute atomic E-state index is 13.1. The van der Waals surface area contributed by atoms with Crippen molar-refractivity contribution in [1.82, 2.24) is 10.1 Å². The molecule has 4 aliphatic rings. The van der Waals surface area contributed by atoms with Crippen molar-refractivity contribution in [1.29, 1.82) is 0 Å². The number of esters is 1. The third-order valence-corrected chi connectivity index (χ3v) is 8.87. The number of piperidine rings is 1. The van der Waals surface area contributed by atoms with Crippen molar-refractivity contribution in [3.8, 4) is 17.0 Å². The van der Waals surface area contributed by atoms with Gasteiger partial charge in [-0.3, -0.25) is 0 Å². The van der Waals surface area contributed by atoms with Gasteiger partial charge in [-0.1, -0.05) is 17.3 Å². The molecule has 222 valence electrons. The molecule has 8 nitrogen and oxygen atoms in total. The van der Waals surface area contributed by atoms with E-state index >= 15 is 0 Å². The number of carbonyl (C=O) groups excluding carboxylic acids is 1. The molecule has 2 unspecified atom stereocenters. The normalized spacial score (nSPS) is 23.7. The fraction of sp³-hybridized carbons (Fsp3) is 0.516. The molecule has 7 rings (SSSR count). The average Bonchev–Trinajstić information content (AvgIpc) is 3.91. The molecule has 2 atom stereocenters. The first-order valence-electron chi connectivity index (χ1n) is 14.6. The molecule has 4 heterocycles. The van der Waals surface area contributed by atoms with Crippen LogP contribution in [-0.4, -0.2) is 47.8 Å². The largest absolute Gasteiger partial charge is 0.573 e. The molecule has 0 spiro atoms. The van der Waals surface area contributed by atoms with Crippen LogP contribution in [0.3, 0.4) is 0 Å². The van der Waals surface area contributed by atoms with Crippen LogP contribution in [0.1, 0.15) is 90.4 Å². The van der Waals surface area contributed by atoms with Crippen LogP contribution in [0.5, 0.6) is 5.75 Å². The Kier molecular flexibility index (Phi) is 6.87. The van der Waals surface area contributed by atoms with Gasteiger partial charge in [-0.2, -0.15) is 0 Å². The van der Waals surface area contributed by atoms with Crippen molar-refractivity contribution in [2.45, 2.75) is 94.4 Å². The van der Waals surface area contributed by atoms with E-state index in [0.29, 0.717) is 28.5 Å². The number of ether oxygens (including phenoxy) is 3. The van der Waals surface area contributed by atoms with Gasteiger partial charge >= 0.3 is 12.3 Å². The third kappa shape index (κ3) is 5.34. The fourth-order valence-electron chi connectivity index (χ4n) is 6.64. The van der Waals surface area contributed by atoms with E-state index in [0.717, 1.165) is 62.7 Å². The zero-order chi connectivity index (χ0) is 29.0. The maximum Gasteiger partial charge on any atom is 0.573 e. The van der Waals surface area contributed by atoms with E-state index in [1.807, 2.05) is 6.07 Å². The first-order valence-corrected chi connectivity index (χ1v) is 14.6. The molecule has 3 aromatic rings. The van der Waals surface area contributed by atoms with E-state index in [1.165, 1.54) is 19.2 Å². The average molecular weight is 584 g/mol. The van der Waals surface area contributed by atoms with E-state index < -0.39 is 6.36 Å². The minimum absolute atomic E-state index is 0.0195. The van der Waals surface area contributed by atoms with Gasteiger partial charge in [0.1, 0.15) is 23.0 Å². The van der Waals surface area contributed by atoms with Crippen LogP contribution in [0.25, 0.3) is 11.3 Å². The van der Waals surface area contributed by atoms with Gasteiger partial charge in [-0.05, 0) is 81.0 Å². The molecule has 2 aromatic heterocycles. The van der Waals surface area contributed by atoms with Gasteiger partial charge in [0.25, 0.3) is 0 Å². The van der Waals surface area contributed by atoms with E-state index in [9.17, 15) is 18.0 Å². The van der Waals surface area contributed by atoms with Gasteiger partial charge in [0.2, 0.25) is 0 Å². The zero-order valence-corrected chi connectivity index (χ0v) is 23.2. The number of fused-ring (bicyclic) bond motifs is 2. The zero-order valence-electron chi connectivity index (χ0n) is 23.2. The number of benzene rings is 1. The molecular formula is C31H32F3N3O5. The molecule has 4 fully saturated rings. The number of halogens is 3. The molecule has 2 bridgehead atoms. The molecule has 2 saturated heterocycles. The Morgan fingerprint density at radius 2 is 1.76 bits per heavy atom. The summed E-state index contributed by atoms with van der Waals surface area (Å²) in [7, 11) is 1.38. The number of nitrogens with zero attached hydrogens (tertiary/aromatic N) is 3. The molecule has 2 saturated carbocycles. The molecule has 2 aliphatic carbocycles. The van der Waals surface area contributed by atoms with Crippen molar-refractivity contribution in [3.63, 3.8) is 0 Å². The maximum atomic E-state index is 13.1.